The highest BCUT2D eigenvalue weighted by Gasteiger charge is 2.42. The van der Waals surface area contributed by atoms with Crippen LogP contribution < -0.4 is 70.8 Å². The second-order valence-electron chi connectivity index (χ2n) is 23.3. The van der Waals surface area contributed by atoms with Crippen molar-refractivity contribution in [2.24, 2.45) is 40.7 Å². The van der Waals surface area contributed by atoms with E-state index in [1.807, 2.05) is 38.1 Å². The van der Waals surface area contributed by atoms with E-state index >= 15 is 0 Å². The second-order valence-corrected chi connectivity index (χ2v) is 23.3. The highest BCUT2D eigenvalue weighted by Crippen LogP contribution is 2.23. The lowest BCUT2D eigenvalue weighted by Gasteiger charge is -2.33. The van der Waals surface area contributed by atoms with Crippen molar-refractivity contribution in [3.63, 3.8) is 0 Å². The van der Waals surface area contributed by atoms with E-state index in [1.54, 1.807) is 33.9 Å². The Morgan fingerprint density at radius 1 is 0.685 bits per heavy atom. The van der Waals surface area contributed by atoms with Gasteiger partial charge in [0.25, 0.3) is 0 Å². The minimum Gasteiger partial charge on any atom is -0.481 e. The van der Waals surface area contributed by atoms with Crippen LogP contribution in [0.4, 0.5) is 0 Å². The lowest BCUT2D eigenvalue weighted by Crippen LogP contribution is -2.62. The van der Waals surface area contributed by atoms with Gasteiger partial charge in [0, 0.05) is 36.6 Å². The number of aromatic amines is 1. The molecule has 1 fully saturated rings. The molecule has 10 amide bonds. The number of carbonyl (C=O) groups excluding carboxylic acids is 10. The number of primary amides is 1. The minimum absolute atomic E-state index is 0.00799. The van der Waals surface area contributed by atoms with Crippen LogP contribution in [-0.2, 0) is 64.0 Å². The number of hydrogen-bond acceptors (Lipinski definition) is 16. The van der Waals surface area contributed by atoms with Crippen molar-refractivity contribution >= 4 is 87.9 Å². The van der Waals surface area contributed by atoms with Gasteiger partial charge in [-0.2, -0.15) is 0 Å². The summed E-state index contributed by atoms with van der Waals surface area (Å²) in [6.45, 7) is 11.6. The van der Waals surface area contributed by atoms with Crippen LogP contribution in [0.3, 0.4) is 0 Å². The first-order valence-electron chi connectivity index (χ1n) is 30.1. The van der Waals surface area contributed by atoms with E-state index in [0.29, 0.717) is 19.3 Å². The quantitative estimate of drug-likeness (QED) is 0.0183. The number of fused-ring (bicyclic) bond motifs is 1. The number of likely N-dealkylation sites (tertiary alicyclic amines) is 1. The van der Waals surface area contributed by atoms with Gasteiger partial charge in [0.05, 0.1) is 18.6 Å². The third-order valence-corrected chi connectivity index (χ3v) is 15.2. The summed E-state index contributed by atoms with van der Waals surface area (Å²) in [5.74, 6) is -13.7. The molecule has 31 nitrogen and oxygen atoms in total. The molecule has 1 aliphatic heterocycles. The number of carbonyl (C=O) groups is 12. The Hall–Kier alpha value is -8.45. The number of nitrogens with zero attached hydrogens (tertiary/aromatic N) is 1. The van der Waals surface area contributed by atoms with Gasteiger partial charge in [-0.3, -0.25) is 58.1 Å². The zero-order valence-electron chi connectivity index (χ0n) is 51.8. The lowest BCUT2D eigenvalue weighted by atomic mass is 9.95. The van der Waals surface area contributed by atoms with Crippen molar-refractivity contribution in [2.75, 3.05) is 19.6 Å². The molecule has 2 aromatic rings. The summed E-state index contributed by atoms with van der Waals surface area (Å²) < 4.78 is 0. The van der Waals surface area contributed by atoms with Crippen LogP contribution in [0.2, 0.25) is 0 Å². The van der Waals surface area contributed by atoms with Gasteiger partial charge in [0.15, 0.2) is 12.0 Å². The zero-order chi connectivity index (χ0) is 66.8. The monoisotopic (exact) mass is 1250 g/mol. The fourth-order valence-electron chi connectivity index (χ4n) is 10.0. The van der Waals surface area contributed by atoms with E-state index in [-0.39, 0.29) is 76.5 Å². The smallest absolute Gasteiger partial charge is 0.328 e. The van der Waals surface area contributed by atoms with E-state index in [2.05, 4.69) is 52.8 Å². The molecular weight excluding hydrogens is 1160 g/mol. The maximum atomic E-state index is 14.5. The summed E-state index contributed by atoms with van der Waals surface area (Å²) in [5, 5.41) is 60.3. The lowest BCUT2D eigenvalue weighted by molar-refractivity contribution is -0.146. The Bertz CT molecular complexity index is 2790. The number of aliphatic carboxylic acids is 2. The fourth-order valence-corrected chi connectivity index (χ4v) is 10.0. The van der Waals surface area contributed by atoms with Crippen LogP contribution in [0.15, 0.2) is 30.5 Å². The number of aliphatic hydroxyl groups is 1. The van der Waals surface area contributed by atoms with Crippen LogP contribution in [0.1, 0.15) is 131 Å². The summed E-state index contributed by atoms with van der Waals surface area (Å²) in [6, 6.07) is -6.73. The fraction of sp³-hybridized carbons (Fsp3) is 0.638. The largest absolute Gasteiger partial charge is 0.481 e. The number of para-hydroxylation sites is 1. The highest BCUT2D eigenvalue weighted by molar-refractivity contribution is 6.00. The summed E-state index contributed by atoms with van der Waals surface area (Å²) in [4.78, 5) is 167. The summed E-state index contributed by atoms with van der Waals surface area (Å²) in [7, 11) is 0. The maximum Gasteiger partial charge on any atom is 0.328 e. The summed E-state index contributed by atoms with van der Waals surface area (Å²) >= 11 is 0. The van der Waals surface area contributed by atoms with Gasteiger partial charge in [-0.25, -0.2) is 4.79 Å². The second kappa shape index (κ2) is 36.8. The Morgan fingerprint density at radius 2 is 1.24 bits per heavy atom. The number of carboxylic acids is 2. The van der Waals surface area contributed by atoms with Crippen LogP contribution in [-0.4, -0.2) is 188 Å². The molecule has 0 bridgehead atoms. The summed E-state index contributed by atoms with van der Waals surface area (Å²) in [5.41, 5.74) is 24.9. The first kappa shape index (κ1) is 74.8. The number of nitrogens with two attached hydrogens (primary N) is 4. The Morgan fingerprint density at radius 3 is 1.80 bits per heavy atom. The van der Waals surface area contributed by atoms with Crippen molar-refractivity contribution in [2.45, 2.75) is 198 Å². The molecule has 1 aliphatic rings. The average molecular weight is 1260 g/mol. The minimum atomic E-state index is -1.80. The van der Waals surface area contributed by atoms with Crippen LogP contribution in [0, 0.1) is 23.2 Å². The molecule has 496 valence electrons. The number of aromatic nitrogens is 1. The SMILES string of the molecule is CC[C@H](C)[C@H](NC(=O)[C@@H](NC(=O)[C@H](CC(N)=O)NC(=O)[C@H](CCCNC(=N)N)NC(=O)[C@H](CCCCN)NC(=O)[C@H](CC(C)C)NC(=O)[C@@H](N)Cc1c[nH]c2ccccc12)C(C)C)C(=O)N1CCC[C@H]1C(=O)N[C@@H](CCC(=O)O)C(=O)N[C@H](C(=O)O)[C@@H](C)O. The van der Waals surface area contributed by atoms with Crippen molar-refractivity contribution < 1.29 is 72.9 Å². The number of rotatable bonds is 39. The van der Waals surface area contributed by atoms with Crippen molar-refractivity contribution in [3.05, 3.63) is 36.0 Å². The predicted molar refractivity (Wildman–Crippen MR) is 326 cm³/mol. The number of aliphatic hydroxyl groups excluding tert-OH is 1. The third-order valence-electron chi connectivity index (χ3n) is 15.2. The van der Waals surface area contributed by atoms with Crippen molar-refractivity contribution in [3.8, 4) is 0 Å². The Balaban J connectivity index is 1.88. The maximum absolute atomic E-state index is 14.5. The molecule has 0 spiro atoms. The molecule has 89 heavy (non-hydrogen) atoms. The van der Waals surface area contributed by atoms with Crippen LogP contribution in [0.25, 0.3) is 10.9 Å². The number of carboxylic acid groups (broad SMARTS) is 2. The molecule has 0 unspecified atom stereocenters. The van der Waals surface area contributed by atoms with E-state index in [0.717, 1.165) is 23.4 Å². The number of unbranched alkanes of at least 4 members (excludes halogenated alkanes) is 1. The normalized spacial score (nSPS) is 16.8. The molecule has 1 aromatic heterocycles. The molecule has 12 atom stereocenters. The molecule has 0 aliphatic carbocycles. The van der Waals surface area contributed by atoms with Gasteiger partial charge in [-0.1, -0.05) is 66.2 Å². The molecule has 0 radical (unpaired) electrons. The summed E-state index contributed by atoms with van der Waals surface area (Å²) in [6.07, 6.45) is -0.0356. The van der Waals surface area contributed by atoms with Gasteiger partial charge in [-0.15, -0.1) is 0 Å². The molecule has 31 heteroatoms. The van der Waals surface area contributed by atoms with Crippen LogP contribution >= 0.6 is 0 Å². The standard InChI is InChI=1S/C58H94N16O15/c1-8-31(6)46(56(87)74-24-14-19-42(74)54(85)68-39(20-21-44(77)78)51(82)73-47(32(7)75)57(88)89)72-55(86)45(30(4)5)71-53(84)41(27-43(61)76)70-50(81)38(18-13-23-64-58(62)63)66-49(80)37(17-11-12-22-59)67-52(83)40(25-29(2)3)69-48(79)35(60)26-33-28-65-36-16-10-9-15-34(33)36/h9-10,15-16,28-32,35,37-42,45-47,65,75H,8,11-14,17-27,59-60H2,1-7H3,(H2,61,76)(H,66,80)(H,67,83)(H,68,85)(H,69,79)(H,70,81)(H,71,84)(H,72,86)(H,73,82)(H,77,78)(H,88,89)(H4,62,63,64)/t31-,32+,35-,37-,38-,39-,40-,41-,42-,45-,46-,47-/m0/s1. The zero-order valence-corrected chi connectivity index (χ0v) is 51.8. The Labute approximate surface area is 517 Å². The average Bonchev–Trinajstić information content (AvgIpc) is 2.35. The third kappa shape index (κ3) is 24.2. The van der Waals surface area contributed by atoms with Gasteiger partial charge in [0.2, 0.25) is 59.1 Å². The van der Waals surface area contributed by atoms with E-state index in [4.69, 9.17) is 28.3 Å². The molecule has 22 N–H and O–H groups in total. The van der Waals surface area contributed by atoms with E-state index in [9.17, 15) is 72.9 Å². The van der Waals surface area contributed by atoms with Crippen molar-refractivity contribution in [1.29, 1.82) is 5.41 Å². The van der Waals surface area contributed by atoms with Gasteiger partial charge in [0.1, 0.15) is 48.3 Å². The van der Waals surface area contributed by atoms with E-state index in [1.165, 1.54) is 4.90 Å². The molecule has 3 rings (SSSR count). The van der Waals surface area contributed by atoms with Crippen molar-refractivity contribution in [1.82, 2.24) is 57.7 Å². The number of guanidine groups is 1. The molecule has 1 aromatic carbocycles. The van der Waals surface area contributed by atoms with E-state index < -0.39 is 169 Å². The van der Waals surface area contributed by atoms with Gasteiger partial charge in [-0.05, 0) is 107 Å². The molecule has 1 saturated heterocycles. The molecule has 2 heterocycles. The first-order chi connectivity index (χ1) is 41.9. The number of H-pyrrole nitrogens is 1. The number of benzene rings is 1. The Kier molecular flexibility index (Phi) is 30.9. The molecular formula is C58H94N16O15. The highest BCUT2D eigenvalue weighted by atomic mass is 16.4. The first-order valence-corrected chi connectivity index (χ1v) is 30.1. The van der Waals surface area contributed by atoms with Crippen LogP contribution in [0.5, 0.6) is 0 Å². The topological polar surface area (TPSA) is 521 Å². The van der Waals surface area contributed by atoms with Gasteiger partial charge < -0.3 is 96.0 Å². The molecule has 0 saturated carbocycles. The number of amides is 10. The van der Waals surface area contributed by atoms with Gasteiger partial charge >= 0.3 is 11.9 Å². The number of hydrogen-bond donors (Lipinski definition) is 18. The number of nitrogens with one attached hydrogen (secondary N) is 11. The predicted octanol–water partition coefficient (Wildman–Crippen LogP) is -2.75.